The molecule has 180 valence electrons. The van der Waals surface area contributed by atoms with Gasteiger partial charge in [-0.3, -0.25) is 9.59 Å². The number of hydrogen-bond acceptors (Lipinski definition) is 4. The van der Waals surface area contributed by atoms with Crippen molar-refractivity contribution in [1.29, 1.82) is 0 Å². The minimum atomic E-state index is -0.265. The van der Waals surface area contributed by atoms with Crippen LogP contribution < -0.4 is 24.3 Å². The van der Waals surface area contributed by atoms with E-state index in [1.54, 1.807) is 35.2 Å². The number of nitrogens with one attached hydrogen (secondary N) is 1. The topological polar surface area (TPSA) is 71.7 Å². The minimum Gasteiger partial charge on any atom is -0.489 e. The lowest BCUT2D eigenvalue weighted by Gasteiger charge is -2.29. The van der Waals surface area contributed by atoms with Gasteiger partial charge in [-0.05, 0) is 54.1 Å². The molecule has 3 aromatic carbocycles. The monoisotopic (exact) mass is 480 g/mol. The lowest BCUT2D eigenvalue weighted by Crippen LogP contribution is -2.38. The normalized spacial score (nSPS) is 12.5. The molecule has 4 aromatic rings. The summed E-state index contributed by atoms with van der Waals surface area (Å²) in [6.45, 7) is 0.839. The molecule has 1 aliphatic heterocycles. The zero-order valence-electron chi connectivity index (χ0n) is 19.9. The molecule has 2 heterocycles. The Kier molecular flexibility index (Phi) is 6.62. The van der Waals surface area contributed by atoms with Crippen molar-refractivity contribution in [3.63, 3.8) is 0 Å². The van der Waals surface area contributed by atoms with Gasteiger partial charge in [0.1, 0.15) is 25.2 Å². The molecule has 0 saturated heterocycles. The number of pyridine rings is 1. The van der Waals surface area contributed by atoms with Crippen molar-refractivity contribution in [3.8, 4) is 11.5 Å². The number of hydrogen-bond donors (Lipinski definition) is 1. The van der Waals surface area contributed by atoms with Gasteiger partial charge in [0.25, 0.3) is 11.8 Å². The number of aromatic nitrogens is 1. The lowest BCUT2D eigenvalue weighted by molar-refractivity contribution is -0.672. The van der Waals surface area contributed by atoms with E-state index in [-0.39, 0.29) is 18.4 Å². The third-order valence-corrected chi connectivity index (χ3v) is 5.87. The predicted molar refractivity (Wildman–Crippen MR) is 136 cm³/mol. The van der Waals surface area contributed by atoms with Crippen LogP contribution in [0.3, 0.4) is 0 Å². The highest BCUT2D eigenvalue weighted by Crippen LogP contribution is 2.34. The van der Waals surface area contributed by atoms with E-state index in [2.05, 4.69) is 5.32 Å². The van der Waals surface area contributed by atoms with Crippen LogP contribution in [0.2, 0.25) is 0 Å². The van der Waals surface area contributed by atoms with Crippen LogP contribution in [0.4, 0.5) is 11.4 Å². The van der Waals surface area contributed by atoms with Crippen LogP contribution in [0.1, 0.15) is 21.5 Å². The van der Waals surface area contributed by atoms with Crippen molar-refractivity contribution < 1.29 is 23.6 Å². The number of fused-ring (bicyclic) bond motifs is 1. The van der Waals surface area contributed by atoms with Gasteiger partial charge >= 0.3 is 0 Å². The van der Waals surface area contributed by atoms with Crippen molar-refractivity contribution >= 4 is 23.2 Å². The minimum absolute atomic E-state index is 0.0619. The third kappa shape index (κ3) is 5.36. The van der Waals surface area contributed by atoms with Crippen molar-refractivity contribution in [2.45, 2.75) is 13.2 Å². The van der Waals surface area contributed by atoms with Crippen LogP contribution in [-0.4, -0.2) is 18.4 Å². The molecule has 0 fully saturated rings. The van der Waals surface area contributed by atoms with Crippen molar-refractivity contribution in [2.75, 3.05) is 16.8 Å². The van der Waals surface area contributed by atoms with E-state index in [0.717, 1.165) is 11.1 Å². The molecule has 0 spiro atoms. The van der Waals surface area contributed by atoms with E-state index in [4.69, 9.17) is 9.47 Å². The Hall–Kier alpha value is -4.65. The number of anilines is 2. The molecule has 36 heavy (non-hydrogen) atoms. The van der Waals surface area contributed by atoms with Gasteiger partial charge in [-0.25, -0.2) is 4.57 Å². The summed E-state index contributed by atoms with van der Waals surface area (Å²) < 4.78 is 13.5. The molecule has 0 radical (unpaired) electrons. The predicted octanol–water partition coefficient (Wildman–Crippen LogP) is 4.27. The van der Waals surface area contributed by atoms with Gasteiger partial charge in [0.15, 0.2) is 19.0 Å². The first kappa shape index (κ1) is 23.1. The quantitative estimate of drug-likeness (QED) is 0.401. The molecular formula is C29H26N3O4+. The van der Waals surface area contributed by atoms with Gasteiger partial charge in [-0.2, -0.15) is 0 Å². The number of aryl methyl sites for hydroxylation is 1. The Bertz CT molecular complexity index is 1390. The Morgan fingerprint density at radius 3 is 2.56 bits per heavy atom. The van der Waals surface area contributed by atoms with Crippen LogP contribution in [0.15, 0.2) is 97.3 Å². The van der Waals surface area contributed by atoms with Crippen LogP contribution in [0, 0.1) is 0 Å². The number of rotatable bonds is 7. The summed E-state index contributed by atoms with van der Waals surface area (Å²) in [5, 5.41) is 2.90. The fourth-order valence-electron chi connectivity index (χ4n) is 4.02. The van der Waals surface area contributed by atoms with Gasteiger partial charge in [0, 0.05) is 17.3 Å². The van der Waals surface area contributed by atoms with E-state index in [1.165, 1.54) is 0 Å². The summed E-state index contributed by atoms with van der Waals surface area (Å²) in [7, 11) is 1.97. The SMILES string of the molecule is C[n+]1cccc(COc2ccc(NC(=O)c3ccc4c(c3)OCC(=O)N4Cc3ccccc3)cc2)c1. The van der Waals surface area contributed by atoms with E-state index >= 15 is 0 Å². The highest BCUT2D eigenvalue weighted by atomic mass is 16.5. The molecule has 1 N–H and O–H groups in total. The van der Waals surface area contributed by atoms with E-state index in [0.29, 0.717) is 41.6 Å². The summed E-state index contributed by atoms with van der Waals surface area (Å²) in [4.78, 5) is 27.1. The van der Waals surface area contributed by atoms with E-state index in [9.17, 15) is 9.59 Å². The maximum Gasteiger partial charge on any atom is 0.265 e. The second-order valence-corrected chi connectivity index (χ2v) is 8.58. The summed E-state index contributed by atoms with van der Waals surface area (Å²) >= 11 is 0. The molecule has 1 aliphatic rings. The summed E-state index contributed by atoms with van der Waals surface area (Å²) in [5.74, 6) is 0.839. The number of carbonyl (C=O) groups is 2. The molecule has 5 rings (SSSR count). The molecule has 0 bridgehead atoms. The number of amides is 2. The zero-order valence-corrected chi connectivity index (χ0v) is 19.9. The number of ether oxygens (including phenoxy) is 2. The average molecular weight is 481 g/mol. The van der Waals surface area contributed by atoms with Crippen LogP contribution >= 0.6 is 0 Å². The first-order chi connectivity index (χ1) is 17.5. The molecule has 7 nitrogen and oxygen atoms in total. The van der Waals surface area contributed by atoms with Crippen LogP contribution in [0.5, 0.6) is 11.5 Å². The third-order valence-electron chi connectivity index (χ3n) is 5.87. The highest BCUT2D eigenvalue weighted by Gasteiger charge is 2.26. The smallest absolute Gasteiger partial charge is 0.265 e. The zero-order chi connectivity index (χ0) is 24.9. The number of nitrogens with zero attached hydrogens (tertiary/aromatic N) is 2. The second kappa shape index (κ2) is 10.3. The maximum atomic E-state index is 12.9. The van der Waals surface area contributed by atoms with Crippen molar-refractivity contribution in [1.82, 2.24) is 0 Å². The molecule has 2 amide bonds. The van der Waals surface area contributed by atoms with Gasteiger partial charge in [-0.15, -0.1) is 0 Å². The summed E-state index contributed by atoms with van der Waals surface area (Å²) in [6, 6.07) is 26.1. The van der Waals surface area contributed by atoms with Crippen molar-refractivity contribution in [2.24, 2.45) is 7.05 Å². The van der Waals surface area contributed by atoms with Gasteiger partial charge in [0.2, 0.25) is 0 Å². The second-order valence-electron chi connectivity index (χ2n) is 8.58. The summed E-state index contributed by atoms with van der Waals surface area (Å²) in [6.07, 6.45) is 3.98. The molecule has 0 saturated carbocycles. The summed E-state index contributed by atoms with van der Waals surface area (Å²) in [5.41, 5.74) is 3.83. The average Bonchev–Trinajstić information content (AvgIpc) is 2.90. The van der Waals surface area contributed by atoms with Gasteiger partial charge in [0.05, 0.1) is 17.8 Å². The molecule has 1 aromatic heterocycles. The number of carbonyl (C=O) groups excluding carboxylic acids is 2. The highest BCUT2D eigenvalue weighted by molar-refractivity contribution is 6.06. The standard InChI is InChI=1S/C29H25N3O4/c1-31-15-5-8-22(17-31)19-35-25-12-10-24(11-13-25)30-29(34)23-9-14-26-27(16-23)36-20-28(33)32(26)18-21-6-3-2-4-7-21/h2-17H,18-20H2,1H3/p+1. The first-order valence-electron chi connectivity index (χ1n) is 11.6. The molecule has 7 heteroatoms. The van der Waals surface area contributed by atoms with Gasteiger partial charge in [-0.1, -0.05) is 30.3 Å². The van der Waals surface area contributed by atoms with Crippen molar-refractivity contribution in [3.05, 3.63) is 114 Å². The fraction of sp³-hybridized carbons (Fsp3) is 0.138. The van der Waals surface area contributed by atoms with Crippen LogP contribution in [0.25, 0.3) is 0 Å². The first-order valence-corrected chi connectivity index (χ1v) is 11.6. The van der Waals surface area contributed by atoms with E-state index < -0.39 is 0 Å². The molecule has 0 unspecified atom stereocenters. The Labute approximate surface area is 209 Å². The molecule has 0 aliphatic carbocycles. The van der Waals surface area contributed by atoms with Crippen LogP contribution in [-0.2, 0) is 25.0 Å². The Morgan fingerprint density at radius 1 is 1.00 bits per heavy atom. The Morgan fingerprint density at radius 2 is 1.78 bits per heavy atom. The Balaban J connectivity index is 1.23. The molecular weight excluding hydrogens is 454 g/mol. The maximum absolute atomic E-state index is 12.9. The van der Waals surface area contributed by atoms with Gasteiger partial charge < -0.3 is 19.7 Å². The number of benzene rings is 3. The fourth-order valence-corrected chi connectivity index (χ4v) is 4.02. The lowest BCUT2D eigenvalue weighted by atomic mass is 10.1. The van der Waals surface area contributed by atoms with E-state index in [1.807, 2.05) is 78.6 Å². The molecule has 0 atom stereocenters. The largest absolute Gasteiger partial charge is 0.489 e.